The van der Waals surface area contributed by atoms with E-state index in [9.17, 15) is 14.7 Å². The van der Waals surface area contributed by atoms with Crippen LogP contribution in [0, 0.1) is 0 Å². The van der Waals surface area contributed by atoms with E-state index in [2.05, 4.69) is 4.74 Å². The lowest BCUT2D eigenvalue weighted by Crippen LogP contribution is -2.46. The molecule has 92 valence electrons. The van der Waals surface area contributed by atoms with Crippen LogP contribution >= 0.6 is 0 Å². The van der Waals surface area contributed by atoms with Gasteiger partial charge in [0.1, 0.15) is 6.61 Å². The summed E-state index contributed by atoms with van der Waals surface area (Å²) in [7, 11) is 0. The van der Waals surface area contributed by atoms with Gasteiger partial charge in [-0.2, -0.15) is 0 Å². The molecule has 0 saturated carbocycles. The maximum absolute atomic E-state index is 10.8. The molecule has 0 unspecified atom stereocenters. The largest absolute Gasteiger partial charge is 0.460 e. The number of aliphatic hydroxyl groups is 1. The summed E-state index contributed by atoms with van der Waals surface area (Å²) in [5, 5.41) is 10.0. The first-order chi connectivity index (χ1) is 7.33. The number of carbonyl (C=O) groups excluding carboxylic acids is 2. The first-order valence-corrected chi connectivity index (χ1v) is 5.04. The van der Waals surface area contributed by atoms with E-state index in [-0.39, 0.29) is 12.7 Å². The molecule has 1 saturated heterocycles. The predicted octanol–water partition coefficient (Wildman–Crippen LogP) is -0.0214. The predicted molar refractivity (Wildman–Crippen MR) is 52.3 cm³/mol. The third kappa shape index (κ3) is 3.18. The molecule has 0 spiro atoms. The fraction of sp³-hybridized carbons (Fsp3) is 0.800. The summed E-state index contributed by atoms with van der Waals surface area (Å²) in [5.74, 6) is -2.78. The third-order valence-electron chi connectivity index (χ3n) is 2.24. The van der Waals surface area contributed by atoms with E-state index in [1.807, 2.05) is 0 Å². The molecule has 6 nitrogen and oxygen atoms in total. The van der Waals surface area contributed by atoms with Gasteiger partial charge in [-0.25, -0.2) is 0 Å². The number of ether oxygens (including phenoxy) is 3. The Labute approximate surface area is 93.5 Å². The van der Waals surface area contributed by atoms with E-state index in [1.165, 1.54) is 13.8 Å². The highest BCUT2D eigenvalue weighted by molar-refractivity contribution is 5.66. The Kier molecular flexibility index (Phi) is 3.88. The molecule has 1 aliphatic heterocycles. The van der Waals surface area contributed by atoms with Crippen molar-refractivity contribution in [1.29, 1.82) is 0 Å². The molecule has 1 N–H and O–H groups in total. The average Bonchev–Trinajstić information content (AvgIpc) is 2.38. The van der Waals surface area contributed by atoms with Crippen molar-refractivity contribution in [2.24, 2.45) is 0 Å². The van der Waals surface area contributed by atoms with Gasteiger partial charge in [-0.15, -0.1) is 0 Å². The van der Waals surface area contributed by atoms with Crippen molar-refractivity contribution in [2.75, 3.05) is 6.61 Å². The van der Waals surface area contributed by atoms with Crippen molar-refractivity contribution in [1.82, 2.24) is 0 Å². The minimum atomic E-state index is -1.74. The Hall–Kier alpha value is -1.14. The summed E-state index contributed by atoms with van der Waals surface area (Å²) in [6, 6.07) is 0. The highest BCUT2D eigenvalue weighted by Gasteiger charge is 2.49. The van der Waals surface area contributed by atoms with Gasteiger partial charge in [-0.1, -0.05) is 0 Å². The molecule has 0 radical (unpaired) electrons. The maximum Gasteiger partial charge on any atom is 0.303 e. The van der Waals surface area contributed by atoms with E-state index < -0.39 is 23.8 Å². The standard InChI is InChI=1S/C10H16O6/c1-6-4-9(15-8(3)12)10(13,16-6)5-14-7(2)11/h6,9,13H,4-5H2,1-3H3/t6-,9-,10+/m1/s1. The first-order valence-electron chi connectivity index (χ1n) is 5.04. The van der Waals surface area contributed by atoms with E-state index in [1.54, 1.807) is 6.92 Å². The number of rotatable bonds is 3. The second-order valence-corrected chi connectivity index (χ2v) is 3.89. The van der Waals surface area contributed by atoms with Crippen LogP contribution in [0.2, 0.25) is 0 Å². The summed E-state index contributed by atoms with van der Waals surface area (Å²) in [6.45, 7) is 3.87. The smallest absolute Gasteiger partial charge is 0.303 e. The monoisotopic (exact) mass is 232 g/mol. The van der Waals surface area contributed by atoms with Gasteiger partial charge in [0.2, 0.25) is 5.79 Å². The van der Waals surface area contributed by atoms with Crippen LogP contribution in [0.3, 0.4) is 0 Å². The molecule has 0 bridgehead atoms. The molecule has 0 aromatic rings. The van der Waals surface area contributed by atoms with Crippen LogP contribution in [0.25, 0.3) is 0 Å². The molecule has 6 heteroatoms. The quantitative estimate of drug-likeness (QED) is 0.688. The Morgan fingerprint density at radius 3 is 2.56 bits per heavy atom. The average molecular weight is 232 g/mol. The van der Waals surface area contributed by atoms with E-state index >= 15 is 0 Å². The minimum absolute atomic E-state index is 0.259. The molecule has 16 heavy (non-hydrogen) atoms. The maximum atomic E-state index is 10.8. The van der Waals surface area contributed by atoms with Crippen LogP contribution in [-0.4, -0.2) is 41.6 Å². The zero-order chi connectivity index (χ0) is 12.3. The van der Waals surface area contributed by atoms with Gasteiger partial charge in [0.15, 0.2) is 6.10 Å². The Bertz CT molecular complexity index is 289. The zero-order valence-corrected chi connectivity index (χ0v) is 9.56. The minimum Gasteiger partial charge on any atom is -0.460 e. The van der Waals surface area contributed by atoms with Gasteiger partial charge in [0, 0.05) is 20.3 Å². The molecule has 1 rings (SSSR count). The van der Waals surface area contributed by atoms with Crippen molar-refractivity contribution in [3.8, 4) is 0 Å². The van der Waals surface area contributed by atoms with Gasteiger partial charge in [0.25, 0.3) is 0 Å². The summed E-state index contributed by atoms with van der Waals surface area (Å²) >= 11 is 0. The molecule has 1 aliphatic rings. The summed E-state index contributed by atoms with van der Waals surface area (Å²) in [4.78, 5) is 21.5. The number of esters is 2. The van der Waals surface area contributed by atoms with Crippen molar-refractivity contribution in [3.05, 3.63) is 0 Å². The van der Waals surface area contributed by atoms with Gasteiger partial charge in [-0.3, -0.25) is 9.59 Å². The highest BCUT2D eigenvalue weighted by Crippen LogP contribution is 2.31. The number of carbonyl (C=O) groups is 2. The zero-order valence-electron chi connectivity index (χ0n) is 9.56. The third-order valence-corrected chi connectivity index (χ3v) is 2.24. The lowest BCUT2D eigenvalue weighted by molar-refractivity contribution is -0.252. The number of hydrogen-bond acceptors (Lipinski definition) is 6. The van der Waals surface area contributed by atoms with E-state index in [0.29, 0.717) is 6.42 Å². The second kappa shape index (κ2) is 4.80. The molecule has 0 amide bonds. The van der Waals surface area contributed by atoms with Crippen molar-refractivity contribution < 1.29 is 28.9 Å². The molecule has 0 aromatic heterocycles. The van der Waals surface area contributed by atoms with Gasteiger partial charge >= 0.3 is 11.9 Å². The Balaban J connectivity index is 2.65. The van der Waals surface area contributed by atoms with Crippen LogP contribution in [0.5, 0.6) is 0 Å². The van der Waals surface area contributed by atoms with Crippen LogP contribution in [0.15, 0.2) is 0 Å². The van der Waals surface area contributed by atoms with Gasteiger partial charge < -0.3 is 19.3 Å². The molecular weight excluding hydrogens is 216 g/mol. The Morgan fingerprint density at radius 2 is 2.06 bits per heavy atom. The van der Waals surface area contributed by atoms with Crippen LogP contribution < -0.4 is 0 Å². The number of hydrogen-bond donors (Lipinski definition) is 1. The SMILES string of the molecule is CC(=O)OC[C@]1(O)O[C@H](C)C[C@H]1OC(C)=O. The van der Waals surface area contributed by atoms with Gasteiger partial charge in [-0.05, 0) is 6.92 Å². The van der Waals surface area contributed by atoms with Gasteiger partial charge in [0.05, 0.1) is 6.10 Å². The Morgan fingerprint density at radius 1 is 1.44 bits per heavy atom. The fourth-order valence-electron chi connectivity index (χ4n) is 1.63. The van der Waals surface area contributed by atoms with Crippen molar-refractivity contribution >= 4 is 11.9 Å². The summed E-state index contributed by atoms with van der Waals surface area (Å²) in [6.07, 6.45) is -0.693. The van der Waals surface area contributed by atoms with Crippen LogP contribution in [0.4, 0.5) is 0 Å². The summed E-state index contributed by atoms with van der Waals surface area (Å²) in [5.41, 5.74) is 0. The van der Waals surface area contributed by atoms with Crippen LogP contribution in [0.1, 0.15) is 27.2 Å². The molecule has 3 atom stereocenters. The molecule has 1 fully saturated rings. The molecule has 1 heterocycles. The normalized spacial score (nSPS) is 33.5. The first kappa shape index (κ1) is 12.9. The van der Waals surface area contributed by atoms with E-state index in [4.69, 9.17) is 9.47 Å². The highest BCUT2D eigenvalue weighted by atomic mass is 16.7. The van der Waals surface area contributed by atoms with Crippen molar-refractivity contribution in [2.45, 2.75) is 45.2 Å². The van der Waals surface area contributed by atoms with E-state index in [0.717, 1.165) is 0 Å². The lowest BCUT2D eigenvalue weighted by atomic mass is 10.1. The molecule has 0 aliphatic carbocycles. The topological polar surface area (TPSA) is 82.1 Å². The van der Waals surface area contributed by atoms with Crippen molar-refractivity contribution in [3.63, 3.8) is 0 Å². The summed E-state index contributed by atoms with van der Waals surface area (Å²) < 4.78 is 14.8. The second-order valence-electron chi connectivity index (χ2n) is 3.89. The molecular formula is C10H16O6. The van der Waals surface area contributed by atoms with Crippen LogP contribution in [-0.2, 0) is 23.8 Å². The molecule has 0 aromatic carbocycles. The fourth-order valence-corrected chi connectivity index (χ4v) is 1.63. The lowest BCUT2D eigenvalue weighted by Gasteiger charge is -2.27.